The Balaban J connectivity index is 1.56. The van der Waals surface area contributed by atoms with E-state index in [9.17, 15) is 13.2 Å². The topological polar surface area (TPSA) is 63.7 Å². The molecule has 1 amide bonds. The standard InChI is InChI=1S/C21H23NO4S/c23-21(20-18-9-5-4-6-16(18)11-14-26-20)22-12-10-19(27(24,25)15-13-22)17-7-2-1-3-8-17/h1-9,19-20H,10-15H2/t19-,20-/m1/s1. The van der Waals surface area contributed by atoms with Crippen LogP contribution >= 0.6 is 0 Å². The summed E-state index contributed by atoms with van der Waals surface area (Å²) in [6.45, 7) is 1.14. The summed E-state index contributed by atoms with van der Waals surface area (Å²) in [5.41, 5.74) is 2.83. The van der Waals surface area contributed by atoms with Crippen LogP contribution in [-0.4, -0.2) is 44.7 Å². The Bertz CT molecular complexity index is 926. The molecule has 0 unspecified atom stereocenters. The van der Waals surface area contributed by atoms with Crippen molar-refractivity contribution in [3.05, 3.63) is 71.3 Å². The van der Waals surface area contributed by atoms with Gasteiger partial charge in [0.15, 0.2) is 15.9 Å². The fourth-order valence-corrected chi connectivity index (χ4v) is 5.77. The maximum atomic E-state index is 13.1. The Morgan fingerprint density at radius 1 is 1.00 bits per heavy atom. The van der Waals surface area contributed by atoms with Gasteiger partial charge in [-0.15, -0.1) is 0 Å². The minimum atomic E-state index is -3.31. The predicted molar refractivity (Wildman–Crippen MR) is 103 cm³/mol. The van der Waals surface area contributed by atoms with E-state index in [0.717, 1.165) is 23.1 Å². The van der Waals surface area contributed by atoms with Crippen LogP contribution in [0.1, 0.15) is 34.5 Å². The molecular formula is C21H23NO4S. The average molecular weight is 385 g/mol. The molecule has 0 N–H and O–H groups in total. The van der Waals surface area contributed by atoms with Crippen LogP contribution in [0.3, 0.4) is 0 Å². The van der Waals surface area contributed by atoms with Gasteiger partial charge in [-0.25, -0.2) is 8.42 Å². The number of ether oxygens (including phenoxy) is 1. The minimum Gasteiger partial charge on any atom is -0.363 e. The van der Waals surface area contributed by atoms with Gasteiger partial charge < -0.3 is 9.64 Å². The second-order valence-electron chi connectivity index (χ2n) is 7.08. The van der Waals surface area contributed by atoms with Crippen molar-refractivity contribution in [3.8, 4) is 0 Å². The van der Waals surface area contributed by atoms with E-state index in [1.807, 2.05) is 54.6 Å². The number of hydrogen-bond acceptors (Lipinski definition) is 4. The molecule has 142 valence electrons. The largest absolute Gasteiger partial charge is 0.363 e. The van der Waals surface area contributed by atoms with E-state index >= 15 is 0 Å². The first-order chi connectivity index (χ1) is 13.1. The van der Waals surface area contributed by atoms with Crippen molar-refractivity contribution in [3.63, 3.8) is 0 Å². The summed E-state index contributed by atoms with van der Waals surface area (Å²) in [6.07, 6.45) is 0.572. The Hall–Kier alpha value is -2.18. The third-order valence-electron chi connectivity index (χ3n) is 5.44. The lowest BCUT2D eigenvalue weighted by Gasteiger charge is -2.30. The predicted octanol–water partition coefficient (Wildman–Crippen LogP) is 2.69. The van der Waals surface area contributed by atoms with E-state index in [2.05, 4.69) is 0 Å². The molecule has 0 aromatic heterocycles. The number of hydrogen-bond donors (Lipinski definition) is 0. The molecule has 2 atom stereocenters. The Labute approximate surface area is 159 Å². The number of fused-ring (bicyclic) bond motifs is 1. The maximum absolute atomic E-state index is 13.1. The molecule has 2 aromatic carbocycles. The number of amides is 1. The molecule has 0 bridgehead atoms. The van der Waals surface area contributed by atoms with Crippen molar-refractivity contribution in [2.45, 2.75) is 24.2 Å². The van der Waals surface area contributed by atoms with Crippen molar-refractivity contribution in [1.29, 1.82) is 0 Å². The number of sulfone groups is 1. The second kappa shape index (κ2) is 7.44. The van der Waals surface area contributed by atoms with Gasteiger partial charge in [0, 0.05) is 13.1 Å². The molecule has 4 rings (SSSR count). The molecule has 2 aromatic rings. The average Bonchev–Trinajstić information content (AvgIpc) is 2.85. The lowest BCUT2D eigenvalue weighted by molar-refractivity contribution is -0.144. The third kappa shape index (κ3) is 3.64. The van der Waals surface area contributed by atoms with Gasteiger partial charge in [-0.3, -0.25) is 4.79 Å². The first-order valence-electron chi connectivity index (χ1n) is 9.31. The first kappa shape index (κ1) is 18.2. The number of benzene rings is 2. The fraction of sp³-hybridized carbons (Fsp3) is 0.381. The van der Waals surface area contributed by atoms with Crippen molar-refractivity contribution in [1.82, 2.24) is 4.90 Å². The number of nitrogens with zero attached hydrogens (tertiary/aromatic N) is 1. The van der Waals surface area contributed by atoms with Gasteiger partial charge in [-0.05, 0) is 29.5 Å². The quantitative estimate of drug-likeness (QED) is 0.797. The lowest BCUT2D eigenvalue weighted by atomic mass is 9.96. The molecule has 1 saturated heterocycles. The smallest absolute Gasteiger partial charge is 0.256 e. The highest BCUT2D eigenvalue weighted by Crippen LogP contribution is 2.32. The number of rotatable bonds is 2. The normalized spacial score (nSPS) is 24.7. The zero-order chi connectivity index (χ0) is 18.9. The van der Waals surface area contributed by atoms with Crippen LogP contribution in [0, 0.1) is 0 Å². The van der Waals surface area contributed by atoms with Gasteiger partial charge in [0.25, 0.3) is 5.91 Å². The van der Waals surface area contributed by atoms with E-state index in [1.165, 1.54) is 0 Å². The monoisotopic (exact) mass is 385 g/mol. The SMILES string of the molecule is O=C([C@@H]1OCCc2ccccc21)N1CC[C@H](c2ccccc2)S(=O)(=O)CC1. The van der Waals surface area contributed by atoms with Crippen LogP contribution in [0.4, 0.5) is 0 Å². The van der Waals surface area contributed by atoms with Crippen molar-refractivity contribution < 1.29 is 17.9 Å². The highest BCUT2D eigenvalue weighted by atomic mass is 32.2. The van der Waals surface area contributed by atoms with Crippen LogP contribution in [-0.2, 0) is 25.8 Å². The summed E-state index contributed by atoms with van der Waals surface area (Å²) in [6, 6.07) is 17.1. The summed E-state index contributed by atoms with van der Waals surface area (Å²) >= 11 is 0. The van der Waals surface area contributed by atoms with E-state index in [-0.39, 0.29) is 18.2 Å². The zero-order valence-corrected chi connectivity index (χ0v) is 15.9. The molecule has 0 radical (unpaired) electrons. The van der Waals surface area contributed by atoms with Crippen molar-refractivity contribution >= 4 is 15.7 Å². The highest BCUT2D eigenvalue weighted by Gasteiger charge is 2.36. The zero-order valence-electron chi connectivity index (χ0n) is 15.1. The van der Waals surface area contributed by atoms with E-state index in [0.29, 0.717) is 19.6 Å². The summed E-state index contributed by atoms with van der Waals surface area (Å²) in [5.74, 6) is -0.154. The second-order valence-corrected chi connectivity index (χ2v) is 9.38. The van der Waals surface area contributed by atoms with Gasteiger partial charge >= 0.3 is 0 Å². The molecule has 0 spiro atoms. The summed E-state index contributed by atoms with van der Waals surface area (Å²) < 4.78 is 31.3. The van der Waals surface area contributed by atoms with E-state index in [1.54, 1.807) is 4.90 Å². The van der Waals surface area contributed by atoms with Gasteiger partial charge in [0.1, 0.15) is 0 Å². The molecule has 6 heteroatoms. The van der Waals surface area contributed by atoms with Gasteiger partial charge in [-0.1, -0.05) is 54.6 Å². The Kier molecular flexibility index (Phi) is 5.02. The van der Waals surface area contributed by atoms with Gasteiger partial charge in [0.05, 0.1) is 17.6 Å². The molecular weight excluding hydrogens is 362 g/mol. The van der Waals surface area contributed by atoms with Gasteiger partial charge in [0.2, 0.25) is 0 Å². The molecule has 2 heterocycles. The molecule has 0 saturated carbocycles. The van der Waals surface area contributed by atoms with Crippen molar-refractivity contribution in [2.24, 2.45) is 0 Å². The van der Waals surface area contributed by atoms with Crippen LogP contribution in [0.2, 0.25) is 0 Å². The highest BCUT2D eigenvalue weighted by molar-refractivity contribution is 7.91. The van der Waals surface area contributed by atoms with Crippen LogP contribution in [0.5, 0.6) is 0 Å². The van der Waals surface area contributed by atoms with E-state index < -0.39 is 21.2 Å². The van der Waals surface area contributed by atoms with Crippen molar-refractivity contribution in [2.75, 3.05) is 25.4 Å². The molecule has 2 aliphatic heterocycles. The molecule has 0 aliphatic carbocycles. The van der Waals surface area contributed by atoms with Gasteiger partial charge in [-0.2, -0.15) is 0 Å². The fourth-order valence-electron chi connectivity index (χ4n) is 3.97. The van der Waals surface area contributed by atoms with E-state index in [4.69, 9.17) is 4.74 Å². The minimum absolute atomic E-state index is 0.0212. The lowest BCUT2D eigenvalue weighted by Crippen LogP contribution is -2.39. The summed E-state index contributed by atoms with van der Waals surface area (Å²) in [5, 5.41) is -0.559. The summed E-state index contributed by atoms with van der Waals surface area (Å²) in [4.78, 5) is 14.8. The molecule has 27 heavy (non-hydrogen) atoms. The molecule has 5 nitrogen and oxygen atoms in total. The molecule has 1 fully saturated rings. The van der Waals surface area contributed by atoms with Crippen LogP contribution in [0.25, 0.3) is 0 Å². The first-order valence-corrected chi connectivity index (χ1v) is 11.0. The Morgan fingerprint density at radius 3 is 2.56 bits per heavy atom. The molecule has 2 aliphatic rings. The summed E-state index contributed by atoms with van der Waals surface area (Å²) in [7, 11) is -3.31. The Morgan fingerprint density at radius 2 is 1.74 bits per heavy atom. The number of carbonyl (C=O) groups is 1. The maximum Gasteiger partial charge on any atom is 0.256 e. The van der Waals surface area contributed by atoms with Crippen LogP contribution in [0.15, 0.2) is 54.6 Å². The third-order valence-corrected chi connectivity index (χ3v) is 7.57. The number of carbonyl (C=O) groups excluding carboxylic acids is 1. The van der Waals surface area contributed by atoms with Crippen LogP contribution < -0.4 is 0 Å².